The number of halogens is 1. The molecule has 1 unspecified atom stereocenters. The van der Waals surface area contributed by atoms with Crippen molar-refractivity contribution < 1.29 is 29.9 Å². The number of aliphatic hydroxyl groups excluding tert-OH is 4. The van der Waals surface area contributed by atoms with Crippen molar-refractivity contribution >= 4 is 23.4 Å². The maximum Gasteiger partial charge on any atom is 0.113 e. The SMILES string of the molecule is OC[C@H]1O[C@@H](c2ccc(Cl)c(Cc3ccc(SC4CCOC4)cc3)c2)[C@H](O)[C@@H](O)[C@@H]1O. The Kier molecular flexibility index (Phi) is 7.56. The van der Waals surface area contributed by atoms with Crippen molar-refractivity contribution in [1.82, 2.24) is 0 Å². The van der Waals surface area contributed by atoms with Crippen LogP contribution >= 0.6 is 23.4 Å². The lowest BCUT2D eigenvalue weighted by molar-refractivity contribution is -0.231. The van der Waals surface area contributed by atoms with Crippen LogP contribution in [-0.4, -0.2) is 69.9 Å². The lowest BCUT2D eigenvalue weighted by Gasteiger charge is -2.40. The molecule has 2 fully saturated rings. The summed E-state index contributed by atoms with van der Waals surface area (Å²) in [7, 11) is 0. The molecule has 168 valence electrons. The fourth-order valence-electron chi connectivity index (χ4n) is 3.99. The van der Waals surface area contributed by atoms with Gasteiger partial charge >= 0.3 is 0 Å². The second-order valence-electron chi connectivity index (χ2n) is 8.02. The highest BCUT2D eigenvalue weighted by molar-refractivity contribution is 8.00. The van der Waals surface area contributed by atoms with Gasteiger partial charge in [-0.25, -0.2) is 0 Å². The van der Waals surface area contributed by atoms with Crippen molar-refractivity contribution in [3.05, 3.63) is 64.2 Å². The minimum Gasteiger partial charge on any atom is -0.394 e. The zero-order valence-corrected chi connectivity index (χ0v) is 18.5. The minimum atomic E-state index is -1.41. The van der Waals surface area contributed by atoms with Crippen LogP contribution in [0.15, 0.2) is 47.4 Å². The molecule has 8 heteroatoms. The predicted molar refractivity (Wildman–Crippen MR) is 119 cm³/mol. The van der Waals surface area contributed by atoms with E-state index in [4.69, 9.17) is 21.1 Å². The maximum absolute atomic E-state index is 10.4. The van der Waals surface area contributed by atoms with Crippen molar-refractivity contribution in [2.75, 3.05) is 19.8 Å². The van der Waals surface area contributed by atoms with Crippen LogP contribution in [0.25, 0.3) is 0 Å². The Morgan fingerprint density at radius 1 is 1.00 bits per heavy atom. The van der Waals surface area contributed by atoms with E-state index in [1.807, 2.05) is 17.8 Å². The van der Waals surface area contributed by atoms with Gasteiger partial charge in [0.15, 0.2) is 0 Å². The highest BCUT2D eigenvalue weighted by Gasteiger charge is 2.44. The number of benzene rings is 2. The van der Waals surface area contributed by atoms with Gasteiger partial charge in [0, 0.05) is 21.8 Å². The van der Waals surface area contributed by atoms with Gasteiger partial charge in [0.2, 0.25) is 0 Å². The standard InChI is InChI=1S/C23H27ClO6S/c24-18-6-3-14(23-22(28)21(27)20(26)19(11-25)30-23)10-15(18)9-13-1-4-16(5-2-13)31-17-7-8-29-12-17/h1-6,10,17,19-23,25-28H,7-9,11-12H2/t17?,19-,20-,21+,22-,23+/m1/s1. The van der Waals surface area contributed by atoms with Gasteiger partial charge in [-0.1, -0.05) is 35.9 Å². The van der Waals surface area contributed by atoms with Crippen molar-refractivity contribution in [1.29, 1.82) is 0 Å². The monoisotopic (exact) mass is 466 g/mol. The lowest BCUT2D eigenvalue weighted by atomic mass is 9.90. The Bertz CT molecular complexity index is 871. The molecule has 2 heterocycles. The molecule has 4 N–H and O–H groups in total. The van der Waals surface area contributed by atoms with E-state index in [1.54, 1.807) is 12.1 Å². The summed E-state index contributed by atoms with van der Waals surface area (Å²) in [6.45, 7) is 1.17. The van der Waals surface area contributed by atoms with E-state index in [0.717, 1.165) is 30.8 Å². The van der Waals surface area contributed by atoms with Crippen LogP contribution in [0, 0.1) is 0 Å². The van der Waals surface area contributed by atoms with Crippen LogP contribution in [0.3, 0.4) is 0 Å². The van der Waals surface area contributed by atoms with Gasteiger partial charge in [0.1, 0.15) is 30.5 Å². The molecule has 0 amide bonds. The van der Waals surface area contributed by atoms with Crippen molar-refractivity contribution in [2.45, 2.75) is 53.5 Å². The molecule has 6 atom stereocenters. The van der Waals surface area contributed by atoms with Crippen molar-refractivity contribution in [3.8, 4) is 0 Å². The molecular weight excluding hydrogens is 440 g/mol. The highest BCUT2D eigenvalue weighted by atomic mass is 35.5. The number of thioether (sulfide) groups is 1. The van der Waals surface area contributed by atoms with E-state index in [1.165, 1.54) is 4.90 Å². The Labute approximate surface area is 190 Å². The van der Waals surface area contributed by atoms with Gasteiger partial charge in [0.05, 0.1) is 13.2 Å². The summed E-state index contributed by atoms with van der Waals surface area (Å²) >= 11 is 8.26. The summed E-state index contributed by atoms with van der Waals surface area (Å²) in [5.41, 5.74) is 2.59. The quantitative estimate of drug-likeness (QED) is 0.518. The molecule has 6 nitrogen and oxygen atoms in total. The fraction of sp³-hybridized carbons (Fsp3) is 0.478. The Morgan fingerprint density at radius 3 is 2.45 bits per heavy atom. The van der Waals surface area contributed by atoms with Crippen LogP contribution in [-0.2, 0) is 15.9 Å². The summed E-state index contributed by atoms with van der Waals surface area (Å²) in [6, 6.07) is 13.7. The zero-order chi connectivity index (χ0) is 22.0. The normalized spacial score (nSPS) is 31.1. The Balaban J connectivity index is 1.49. The zero-order valence-electron chi connectivity index (χ0n) is 16.9. The number of hydrogen-bond acceptors (Lipinski definition) is 7. The first kappa shape index (κ1) is 23.0. The molecular formula is C23H27ClO6S. The van der Waals surface area contributed by atoms with Crippen LogP contribution in [0.4, 0.5) is 0 Å². The first-order valence-corrected chi connectivity index (χ1v) is 11.6. The molecule has 0 spiro atoms. The number of ether oxygens (including phenoxy) is 2. The molecule has 31 heavy (non-hydrogen) atoms. The average Bonchev–Trinajstić information content (AvgIpc) is 3.28. The molecule has 0 aromatic heterocycles. The van der Waals surface area contributed by atoms with E-state index >= 15 is 0 Å². The van der Waals surface area contributed by atoms with Crippen LogP contribution < -0.4 is 0 Å². The fourth-order valence-corrected chi connectivity index (χ4v) is 5.23. The van der Waals surface area contributed by atoms with E-state index in [9.17, 15) is 20.4 Å². The highest BCUT2D eigenvalue weighted by Crippen LogP contribution is 2.35. The third-order valence-corrected chi connectivity index (χ3v) is 7.42. The van der Waals surface area contributed by atoms with Gasteiger partial charge in [-0.3, -0.25) is 0 Å². The number of aliphatic hydroxyl groups is 4. The Morgan fingerprint density at radius 2 is 1.77 bits per heavy atom. The second-order valence-corrected chi connectivity index (χ2v) is 9.81. The molecule has 2 aliphatic rings. The molecule has 0 bridgehead atoms. The Hall–Kier alpha value is -1.16. The number of rotatable bonds is 6. The predicted octanol–water partition coefficient (Wildman–Crippen LogP) is 2.33. The summed E-state index contributed by atoms with van der Waals surface area (Å²) in [5, 5.41) is 41.0. The molecule has 0 aliphatic carbocycles. The van der Waals surface area contributed by atoms with E-state index in [2.05, 4.69) is 24.3 Å². The molecule has 2 aliphatic heterocycles. The smallest absolute Gasteiger partial charge is 0.113 e. The molecule has 4 rings (SSSR count). The third-order valence-electron chi connectivity index (χ3n) is 5.80. The van der Waals surface area contributed by atoms with Crippen LogP contribution in [0.5, 0.6) is 0 Å². The van der Waals surface area contributed by atoms with Gasteiger partial charge in [-0.15, -0.1) is 11.8 Å². The summed E-state index contributed by atoms with van der Waals surface area (Å²) in [5.74, 6) is 0. The average molecular weight is 467 g/mol. The first-order chi connectivity index (χ1) is 15.0. The second kappa shape index (κ2) is 10.2. The van der Waals surface area contributed by atoms with Gasteiger partial charge in [-0.05, 0) is 47.7 Å². The molecule has 2 aromatic carbocycles. The van der Waals surface area contributed by atoms with Gasteiger partial charge < -0.3 is 29.9 Å². The third kappa shape index (κ3) is 5.26. The number of hydrogen-bond donors (Lipinski definition) is 4. The van der Waals surface area contributed by atoms with E-state index < -0.39 is 37.1 Å². The molecule has 2 aromatic rings. The molecule has 2 saturated heterocycles. The molecule has 0 radical (unpaired) electrons. The van der Waals surface area contributed by atoms with Crippen molar-refractivity contribution in [3.63, 3.8) is 0 Å². The van der Waals surface area contributed by atoms with Gasteiger partial charge in [-0.2, -0.15) is 0 Å². The summed E-state index contributed by atoms with van der Waals surface area (Å²) in [6.07, 6.45) is -4.26. The maximum atomic E-state index is 10.4. The summed E-state index contributed by atoms with van der Waals surface area (Å²) < 4.78 is 11.1. The summed E-state index contributed by atoms with van der Waals surface area (Å²) in [4.78, 5) is 1.21. The topological polar surface area (TPSA) is 99.4 Å². The lowest BCUT2D eigenvalue weighted by Crippen LogP contribution is -2.55. The first-order valence-electron chi connectivity index (χ1n) is 10.4. The van der Waals surface area contributed by atoms with E-state index in [0.29, 0.717) is 22.3 Å². The van der Waals surface area contributed by atoms with E-state index in [-0.39, 0.29) is 0 Å². The largest absolute Gasteiger partial charge is 0.394 e. The van der Waals surface area contributed by atoms with Crippen LogP contribution in [0.1, 0.15) is 29.2 Å². The van der Waals surface area contributed by atoms with Gasteiger partial charge in [0.25, 0.3) is 0 Å². The molecule has 0 saturated carbocycles. The van der Waals surface area contributed by atoms with Crippen LogP contribution in [0.2, 0.25) is 5.02 Å². The van der Waals surface area contributed by atoms with Crippen molar-refractivity contribution in [2.24, 2.45) is 0 Å². The minimum absolute atomic E-state index is 0.459.